The van der Waals surface area contributed by atoms with Crippen LogP contribution in [-0.4, -0.2) is 27.4 Å². The van der Waals surface area contributed by atoms with Gasteiger partial charge < -0.3 is 10.0 Å². The van der Waals surface area contributed by atoms with Gasteiger partial charge in [-0.2, -0.15) is 5.10 Å². The van der Waals surface area contributed by atoms with Gasteiger partial charge in [0.05, 0.1) is 12.6 Å². The van der Waals surface area contributed by atoms with E-state index < -0.39 is 5.97 Å². The van der Waals surface area contributed by atoms with E-state index in [1.807, 2.05) is 47.4 Å². The summed E-state index contributed by atoms with van der Waals surface area (Å²) in [4.78, 5) is 12.9. The van der Waals surface area contributed by atoms with Crippen molar-refractivity contribution in [2.24, 2.45) is 0 Å². The predicted molar refractivity (Wildman–Crippen MR) is 82.4 cm³/mol. The minimum atomic E-state index is -0.784. The molecule has 112 valence electrons. The zero-order valence-corrected chi connectivity index (χ0v) is 12.4. The summed E-state index contributed by atoms with van der Waals surface area (Å²) in [5, 5.41) is 13.2. The third-order valence-corrected chi connectivity index (χ3v) is 3.27. The molecular formula is C16H21N3O2. The topological polar surface area (TPSA) is 58.4 Å². The predicted octanol–water partition coefficient (Wildman–Crippen LogP) is 2.95. The van der Waals surface area contributed by atoms with E-state index in [1.165, 1.54) is 0 Å². The van der Waals surface area contributed by atoms with E-state index in [9.17, 15) is 4.79 Å². The number of para-hydroxylation sites is 1. The minimum absolute atomic E-state index is 0.118. The Bertz CT molecular complexity index is 578. The van der Waals surface area contributed by atoms with Crippen LogP contribution in [0.2, 0.25) is 0 Å². The maximum absolute atomic E-state index is 10.8. The molecule has 0 fully saturated rings. The molecule has 5 heteroatoms. The fourth-order valence-corrected chi connectivity index (χ4v) is 2.13. The van der Waals surface area contributed by atoms with E-state index in [0.29, 0.717) is 19.1 Å². The molecule has 0 spiro atoms. The fraction of sp³-hybridized carbons (Fsp3) is 0.375. The number of aliphatic carboxylic acids is 1. The van der Waals surface area contributed by atoms with Crippen molar-refractivity contribution < 1.29 is 9.90 Å². The summed E-state index contributed by atoms with van der Waals surface area (Å²) in [5.74, 6) is -0.784. The summed E-state index contributed by atoms with van der Waals surface area (Å²) in [5.41, 5.74) is 2.11. The average Bonchev–Trinajstić information content (AvgIpc) is 2.93. The van der Waals surface area contributed by atoms with Gasteiger partial charge in [0.1, 0.15) is 0 Å². The van der Waals surface area contributed by atoms with Crippen LogP contribution in [0.3, 0.4) is 0 Å². The summed E-state index contributed by atoms with van der Waals surface area (Å²) in [7, 11) is 0. The SMILES string of the molecule is CC(C)n1cc(CN(CCC(=O)O)c2ccccc2)cn1. The molecule has 21 heavy (non-hydrogen) atoms. The molecule has 2 rings (SSSR count). The molecule has 0 saturated heterocycles. The molecule has 1 heterocycles. The molecule has 0 bridgehead atoms. The van der Waals surface area contributed by atoms with Crippen molar-refractivity contribution in [3.05, 3.63) is 48.3 Å². The molecule has 0 saturated carbocycles. The monoisotopic (exact) mass is 287 g/mol. The summed E-state index contributed by atoms with van der Waals surface area (Å²) in [6, 6.07) is 10.2. The Morgan fingerprint density at radius 3 is 2.62 bits per heavy atom. The maximum Gasteiger partial charge on any atom is 0.305 e. The molecule has 1 aromatic carbocycles. The van der Waals surface area contributed by atoms with Gasteiger partial charge in [0.15, 0.2) is 0 Å². The van der Waals surface area contributed by atoms with Gasteiger partial charge in [0, 0.05) is 36.6 Å². The second-order valence-corrected chi connectivity index (χ2v) is 5.32. The smallest absolute Gasteiger partial charge is 0.305 e. The van der Waals surface area contributed by atoms with Crippen molar-refractivity contribution >= 4 is 11.7 Å². The van der Waals surface area contributed by atoms with Crippen molar-refractivity contribution in [3.63, 3.8) is 0 Å². The number of hydrogen-bond donors (Lipinski definition) is 1. The Hall–Kier alpha value is -2.30. The summed E-state index contributed by atoms with van der Waals surface area (Å²) in [6.45, 7) is 5.29. The second kappa shape index (κ2) is 6.92. The van der Waals surface area contributed by atoms with Crippen LogP contribution in [0.15, 0.2) is 42.7 Å². The number of rotatable bonds is 7. The second-order valence-electron chi connectivity index (χ2n) is 5.32. The zero-order chi connectivity index (χ0) is 15.2. The third kappa shape index (κ3) is 4.34. The molecule has 2 aromatic rings. The molecule has 1 N–H and O–H groups in total. The van der Waals surface area contributed by atoms with Gasteiger partial charge in [-0.25, -0.2) is 0 Å². The Balaban J connectivity index is 2.13. The molecule has 0 aliphatic carbocycles. The van der Waals surface area contributed by atoms with E-state index in [2.05, 4.69) is 23.8 Å². The van der Waals surface area contributed by atoms with Crippen molar-refractivity contribution in [1.29, 1.82) is 0 Å². The number of aromatic nitrogens is 2. The standard InChI is InChI=1S/C16H21N3O2/c1-13(2)19-12-14(10-17-19)11-18(9-8-16(20)21)15-6-4-3-5-7-15/h3-7,10,12-13H,8-9,11H2,1-2H3,(H,20,21). The van der Waals surface area contributed by atoms with Crippen LogP contribution in [0.4, 0.5) is 5.69 Å². The van der Waals surface area contributed by atoms with E-state index in [-0.39, 0.29) is 6.42 Å². The van der Waals surface area contributed by atoms with Gasteiger partial charge in [-0.15, -0.1) is 0 Å². The van der Waals surface area contributed by atoms with Gasteiger partial charge in [0.25, 0.3) is 0 Å². The molecule has 0 unspecified atom stereocenters. The Morgan fingerprint density at radius 1 is 1.33 bits per heavy atom. The number of carboxylic acid groups (broad SMARTS) is 1. The highest BCUT2D eigenvalue weighted by molar-refractivity contribution is 5.67. The van der Waals surface area contributed by atoms with Crippen molar-refractivity contribution in [2.75, 3.05) is 11.4 Å². The van der Waals surface area contributed by atoms with Gasteiger partial charge in [-0.3, -0.25) is 9.48 Å². The third-order valence-electron chi connectivity index (χ3n) is 3.27. The van der Waals surface area contributed by atoms with Crippen LogP contribution in [0.25, 0.3) is 0 Å². The van der Waals surface area contributed by atoms with Gasteiger partial charge in [0.2, 0.25) is 0 Å². The normalized spacial score (nSPS) is 10.8. The molecular weight excluding hydrogens is 266 g/mol. The number of anilines is 1. The highest BCUT2D eigenvalue weighted by Gasteiger charge is 2.11. The Kier molecular flexibility index (Phi) is 4.98. The first-order valence-electron chi connectivity index (χ1n) is 7.11. The molecule has 0 aliphatic rings. The lowest BCUT2D eigenvalue weighted by atomic mass is 10.2. The maximum atomic E-state index is 10.8. The highest BCUT2D eigenvalue weighted by atomic mass is 16.4. The lowest BCUT2D eigenvalue weighted by molar-refractivity contribution is -0.136. The number of carboxylic acids is 1. The van der Waals surface area contributed by atoms with Crippen LogP contribution < -0.4 is 4.90 Å². The highest BCUT2D eigenvalue weighted by Crippen LogP contribution is 2.17. The van der Waals surface area contributed by atoms with Crippen LogP contribution in [0, 0.1) is 0 Å². The van der Waals surface area contributed by atoms with Crippen molar-refractivity contribution in [2.45, 2.75) is 32.9 Å². The minimum Gasteiger partial charge on any atom is -0.481 e. The molecule has 0 aliphatic heterocycles. The summed E-state index contributed by atoms with van der Waals surface area (Å²) in [6.07, 6.45) is 3.98. The molecule has 0 radical (unpaired) electrons. The molecule has 0 amide bonds. The molecule has 5 nitrogen and oxygen atoms in total. The lowest BCUT2D eigenvalue weighted by Crippen LogP contribution is -2.25. The van der Waals surface area contributed by atoms with Crippen LogP contribution in [0.1, 0.15) is 31.9 Å². The number of benzene rings is 1. The molecule has 0 atom stereocenters. The summed E-state index contributed by atoms with van der Waals surface area (Å²) < 4.78 is 1.91. The van der Waals surface area contributed by atoms with E-state index in [0.717, 1.165) is 11.3 Å². The fourth-order valence-electron chi connectivity index (χ4n) is 2.13. The zero-order valence-electron chi connectivity index (χ0n) is 12.4. The first kappa shape index (κ1) is 15.1. The largest absolute Gasteiger partial charge is 0.481 e. The van der Waals surface area contributed by atoms with Crippen molar-refractivity contribution in [1.82, 2.24) is 9.78 Å². The number of hydrogen-bond acceptors (Lipinski definition) is 3. The summed E-state index contributed by atoms with van der Waals surface area (Å²) >= 11 is 0. The van der Waals surface area contributed by atoms with Crippen molar-refractivity contribution in [3.8, 4) is 0 Å². The lowest BCUT2D eigenvalue weighted by Gasteiger charge is -2.23. The Morgan fingerprint density at radius 2 is 2.05 bits per heavy atom. The van der Waals surface area contributed by atoms with Gasteiger partial charge in [-0.1, -0.05) is 18.2 Å². The van der Waals surface area contributed by atoms with Crippen LogP contribution in [-0.2, 0) is 11.3 Å². The van der Waals surface area contributed by atoms with Crippen LogP contribution in [0.5, 0.6) is 0 Å². The number of carbonyl (C=O) groups is 1. The Labute approximate surface area is 124 Å². The van der Waals surface area contributed by atoms with E-state index >= 15 is 0 Å². The molecule has 1 aromatic heterocycles. The first-order valence-corrected chi connectivity index (χ1v) is 7.11. The average molecular weight is 287 g/mol. The van der Waals surface area contributed by atoms with Crippen LogP contribution >= 0.6 is 0 Å². The van der Waals surface area contributed by atoms with Gasteiger partial charge in [-0.05, 0) is 26.0 Å². The van der Waals surface area contributed by atoms with E-state index in [1.54, 1.807) is 0 Å². The van der Waals surface area contributed by atoms with E-state index in [4.69, 9.17) is 5.11 Å². The number of nitrogens with zero attached hydrogens (tertiary/aromatic N) is 3. The quantitative estimate of drug-likeness (QED) is 0.850. The first-order chi connectivity index (χ1) is 10.1. The van der Waals surface area contributed by atoms with Gasteiger partial charge >= 0.3 is 5.97 Å².